The highest BCUT2D eigenvalue weighted by Crippen LogP contribution is 2.20. The van der Waals surface area contributed by atoms with E-state index in [1.165, 1.54) is 0 Å². The zero-order chi connectivity index (χ0) is 19.2. The van der Waals surface area contributed by atoms with Crippen LogP contribution in [0.3, 0.4) is 0 Å². The summed E-state index contributed by atoms with van der Waals surface area (Å²) < 4.78 is 11.7. The highest BCUT2D eigenvalue weighted by Gasteiger charge is 2.34. The van der Waals surface area contributed by atoms with Gasteiger partial charge in [-0.3, -0.25) is 15.2 Å². The van der Waals surface area contributed by atoms with Gasteiger partial charge < -0.3 is 14.4 Å². The summed E-state index contributed by atoms with van der Waals surface area (Å²) in [6, 6.07) is 13.4. The Bertz CT molecular complexity index is 747. The summed E-state index contributed by atoms with van der Waals surface area (Å²) in [5, 5.41) is 0. The van der Waals surface area contributed by atoms with Crippen LogP contribution in [-0.2, 0) is 4.79 Å². The molecule has 2 aromatic rings. The van der Waals surface area contributed by atoms with Crippen molar-refractivity contribution in [1.29, 1.82) is 0 Å². The number of benzene rings is 1. The fraction of sp³-hybridized carbons (Fsp3) is 0.429. The molecule has 0 aliphatic carbocycles. The maximum absolute atomic E-state index is 12.8. The molecule has 2 saturated heterocycles. The highest BCUT2D eigenvalue weighted by molar-refractivity contribution is 5.82. The van der Waals surface area contributed by atoms with Crippen LogP contribution in [0.15, 0.2) is 54.9 Å². The van der Waals surface area contributed by atoms with Crippen LogP contribution in [-0.4, -0.2) is 53.7 Å². The van der Waals surface area contributed by atoms with Crippen molar-refractivity contribution in [3.05, 3.63) is 54.9 Å². The number of amides is 1. The number of nitrogens with zero attached hydrogens (tertiary/aromatic N) is 2. The van der Waals surface area contributed by atoms with E-state index in [2.05, 4.69) is 15.8 Å². The van der Waals surface area contributed by atoms with Gasteiger partial charge in [-0.25, -0.2) is 5.43 Å². The fourth-order valence-electron chi connectivity index (χ4n) is 3.63. The predicted octanol–water partition coefficient (Wildman–Crippen LogP) is 1.77. The van der Waals surface area contributed by atoms with Crippen LogP contribution in [0.2, 0.25) is 0 Å². The van der Waals surface area contributed by atoms with E-state index in [9.17, 15) is 4.79 Å². The number of ether oxygens (including phenoxy) is 2. The van der Waals surface area contributed by atoms with Crippen LogP contribution >= 0.6 is 0 Å². The van der Waals surface area contributed by atoms with Crippen molar-refractivity contribution in [3.63, 3.8) is 0 Å². The van der Waals surface area contributed by atoms with Gasteiger partial charge in [-0.15, -0.1) is 0 Å². The lowest BCUT2D eigenvalue weighted by molar-refractivity contribution is -0.135. The molecular weight excluding hydrogens is 356 g/mol. The van der Waals surface area contributed by atoms with Crippen molar-refractivity contribution in [2.75, 3.05) is 19.7 Å². The molecule has 1 amide bonds. The van der Waals surface area contributed by atoms with Crippen LogP contribution < -0.4 is 20.3 Å². The first-order chi connectivity index (χ1) is 13.8. The lowest BCUT2D eigenvalue weighted by atomic mass is 10.0. The molecule has 7 heteroatoms. The fourth-order valence-corrected chi connectivity index (χ4v) is 3.63. The van der Waals surface area contributed by atoms with Gasteiger partial charge in [0.1, 0.15) is 30.3 Å². The SMILES string of the molecule is O=C(C1CC(COc2ccccc2)NN1)N1CCC(Oc2cccnc2)CC1. The van der Waals surface area contributed by atoms with Gasteiger partial charge in [0.15, 0.2) is 0 Å². The maximum Gasteiger partial charge on any atom is 0.241 e. The molecule has 28 heavy (non-hydrogen) atoms. The lowest BCUT2D eigenvalue weighted by Crippen LogP contribution is -2.49. The van der Waals surface area contributed by atoms with Crippen molar-refractivity contribution in [3.8, 4) is 11.5 Å². The molecule has 2 unspecified atom stereocenters. The summed E-state index contributed by atoms with van der Waals surface area (Å²) in [7, 11) is 0. The first-order valence-electron chi connectivity index (χ1n) is 9.82. The topological polar surface area (TPSA) is 75.7 Å². The Kier molecular flexibility index (Phi) is 6.04. The Morgan fingerprint density at radius 2 is 1.86 bits per heavy atom. The average molecular weight is 382 g/mol. The quantitative estimate of drug-likeness (QED) is 0.793. The largest absolute Gasteiger partial charge is 0.492 e. The summed E-state index contributed by atoms with van der Waals surface area (Å²) in [6.45, 7) is 1.96. The zero-order valence-corrected chi connectivity index (χ0v) is 15.8. The first kappa shape index (κ1) is 18.7. The number of nitrogens with one attached hydrogen (secondary N) is 2. The predicted molar refractivity (Wildman–Crippen MR) is 105 cm³/mol. The van der Waals surface area contributed by atoms with Crippen molar-refractivity contribution in [1.82, 2.24) is 20.7 Å². The van der Waals surface area contributed by atoms with E-state index in [0.717, 1.165) is 30.8 Å². The number of rotatable bonds is 6. The molecule has 1 aromatic carbocycles. The monoisotopic (exact) mass is 382 g/mol. The van der Waals surface area contributed by atoms with Gasteiger partial charge in [0.05, 0.1) is 12.2 Å². The number of carbonyl (C=O) groups is 1. The van der Waals surface area contributed by atoms with Gasteiger partial charge >= 0.3 is 0 Å². The molecule has 1 aromatic heterocycles. The zero-order valence-electron chi connectivity index (χ0n) is 15.8. The highest BCUT2D eigenvalue weighted by atomic mass is 16.5. The summed E-state index contributed by atoms with van der Waals surface area (Å²) in [5.74, 6) is 1.78. The Morgan fingerprint density at radius 3 is 2.61 bits per heavy atom. The number of hydrazine groups is 1. The van der Waals surface area contributed by atoms with E-state index >= 15 is 0 Å². The van der Waals surface area contributed by atoms with E-state index in [1.54, 1.807) is 12.4 Å². The second kappa shape index (κ2) is 9.03. The molecule has 2 N–H and O–H groups in total. The molecule has 4 rings (SSSR count). The molecular formula is C21H26N4O3. The van der Waals surface area contributed by atoms with E-state index in [1.807, 2.05) is 47.4 Å². The molecule has 0 radical (unpaired) electrons. The third kappa shape index (κ3) is 4.79. The Labute approximate surface area is 165 Å². The van der Waals surface area contributed by atoms with Crippen molar-refractivity contribution in [2.45, 2.75) is 37.5 Å². The van der Waals surface area contributed by atoms with E-state index in [0.29, 0.717) is 19.7 Å². The molecule has 2 aliphatic heterocycles. The molecule has 0 bridgehead atoms. The summed E-state index contributed by atoms with van der Waals surface area (Å²) in [4.78, 5) is 18.8. The molecule has 2 aliphatic rings. The van der Waals surface area contributed by atoms with Gasteiger partial charge in [0.2, 0.25) is 5.91 Å². The first-order valence-corrected chi connectivity index (χ1v) is 9.82. The van der Waals surface area contributed by atoms with Gasteiger partial charge in [-0.05, 0) is 30.7 Å². The van der Waals surface area contributed by atoms with Crippen LogP contribution in [0.25, 0.3) is 0 Å². The molecule has 0 saturated carbocycles. The number of carbonyl (C=O) groups excluding carboxylic acids is 1. The van der Waals surface area contributed by atoms with E-state index in [4.69, 9.17) is 9.47 Å². The second-order valence-electron chi connectivity index (χ2n) is 7.23. The number of pyridine rings is 1. The van der Waals surface area contributed by atoms with Crippen molar-refractivity contribution < 1.29 is 14.3 Å². The summed E-state index contributed by atoms with van der Waals surface area (Å²) in [5.41, 5.74) is 6.31. The smallest absolute Gasteiger partial charge is 0.241 e. The molecule has 7 nitrogen and oxygen atoms in total. The normalized spacial score (nSPS) is 22.8. The molecule has 3 heterocycles. The molecule has 2 atom stereocenters. The molecule has 2 fully saturated rings. The van der Waals surface area contributed by atoms with Gasteiger partial charge in [0, 0.05) is 32.1 Å². The number of hydrogen-bond acceptors (Lipinski definition) is 6. The van der Waals surface area contributed by atoms with Gasteiger partial charge in [-0.1, -0.05) is 18.2 Å². The van der Waals surface area contributed by atoms with Crippen molar-refractivity contribution in [2.24, 2.45) is 0 Å². The van der Waals surface area contributed by atoms with Crippen LogP contribution in [0.4, 0.5) is 0 Å². The number of aromatic nitrogens is 1. The average Bonchev–Trinajstić information content (AvgIpc) is 3.23. The third-order valence-corrected chi connectivity index (χ3v) is 5.17. The van der Waals surface area contributed by atoms with Gasteiger partial charge in [-0.2, -0.15) is 0 Å². The third-order valence-electron chi connectivity index (χ3n) is 5.17. The number of piperidine rings is 1. The van der Waals surface area contributed by atoms with Crippen LogP contribution in [0.1, 0.15) is 19.3 Å². The lowest BCUT2D eigenvalue weighted by Gasteiger charge is -2.33. The number of para-hydroxylation sites is 1. The van der Waals surface area contributed by atoms with Crippen molar-refractivity contribution >= 4 is 5.91 Å². The standard InChI is InChI=1S/C21H26N4O3/c26-21(20-13-16(23-24-20)15-27-17-5-2-1-3-6-17)25-11-8-18(9-12-25)28-19-7-4-10-22-14-19/h1-7,10,14,16,18,20,23-24H,8-9,11-13,15H2. The Balaban J connectivity index is 1.20. The van der Waals surface area contributed by atoms with E-state index < -0.39 is 0 Å². The minimum absolute atomic E-state index is 0.112. The molecule has 148 valence electrons. The van der Waals surface area contributed by atoms with Gasteiger partial charge in [0.25, 0.3) is 0 Å². The second-order valence-corrected chi connectivity index (χ2v) is 7.23. The van der Waals surface area contributed by atoms with Crippen LogP contribution in [0.5, 0.6) is 11.5 Å². The minimum Gasteiger partial charge on any atom is -0.492 e. The Hall–Kier alpha value is -2.64. The minimum atomic E-state index is -0.208. The Morgan fingerprint density at radius 1 is 1.07 bits per heavy atom. The molecule has 0 spiro atoms. The summed E-state index contributed by atoms with van der Waals surface area (Å²) >= 11 is 0. The number of likely N-dealkylation sites (tertiary alicyclic amines) is 1. The summed E-state index contributed by atoms with van der Waals surface area (Å²) in [6.07, 6.45) is 5.98. The van der Waals surface area contributed by atoms with Crippen LogP contribution in [0, 0.1) is 0 Å². The van der Waals surface area contributed by atoms with E-state index in [-0.39, 0.29) is 24.1 Å². The maximum atomic E-state index is 12.8. The number of hydrogen-bond donors (Lipinski definition) is 2.